The molecule has 0 radical (unpaired) electrons. The zero-order valence-electron chi connectivity index (χ0n) is 12.5. The molecule has 1 aromatic carbocycles. The van der Waals surface area contributed by atoms with E-state index in [2.05, 4.69) is 34.1 Å². The minimum atomic E-state index is 0.691. The Morgan fingerprint density at radius 3 is 2.71 bits per heavy atom. The van der Waals surface area contributed by atoms with Crippen LogP contribution < -0.4 is 0 Å². The number of para-hydroxylation sites is 1. The lowest BCUT2D eigenvalue weighted by Gasteiger charge is -2.34. The van der Waals surface area contributed by atoms with E-state index < -0.39 is 0 Å². The van der Waals surface area contributed by atoms with E-state index in [4.69, 9.17) is 11.6 Å². The van der Waals surface area contributed by atoms with Crippen molar-refractivity contribution in [3.63, 3.8) is 0 Å². The van der Waals surface area contributed by atoms with Gasteiger partial charge < -0.3 is 0 Å². The summed E-state index contributed by atoms with van der Waals surface area (Å²) < 4.78 is 0. The van der Waals surface area contributed by atoms with Crippen molar-refractivity contribution in [2.24, 2.45) is 0 Å². The summed E-state index contributed by atoms with van der Waals surface area (Å²) in [6.07, 6.45) is 8.62. The number of aromatic nitrogens is 1. The van der Waals surface area contributed by atoms with E-state index in [-0.39, 0.29) is 0 Å². The summed E-state index contributed by atoms with van der Waals surface area (Å²) in [6, 6.07) is 11.3. The van der Waals surface area contributed by atoms with Gasteiger partial charge in [-0.25, -0.2) is 0 Å². The number of hydrogen-bond donors (Lipinski definition) is 0. The van der Waals surface area contributed by atoms with Gasteiger partial charge in [-0.2, -0.15) is 0 Å². The number of alkyl halides is 1. The maximum atomic E-state index is 6.04. The van der Waals surface area contributed by atoms with Crippen molar-refractivity contribution in [2.75, 3.05) is 12.4 Å². The van der Waals surface area contributed by atoms with Crippen LogP contribution in [-0.2, 0) is 6.54 Å². The van der Waals surface area contributed by atoms with Crippen LogP contribution in [0, 0.1) is 0 Å². The molecule has 0 saturated heterocycles. The Hall–Kier alpha value is -1.12. The second kappa shape index (κ2) is 7.24. The molecule has 1 aromatic heterocycles. The average Bonchev–Trinajstić information content (AvgIpc) is 2.55. The van der Waals surface area contributed by atoms with E-state index >= 15 is 0 Å². The molecule has 2 aromatic rings. The zero-order chi connectivity index (χ0) is 14.5. The fraction of sp³-hybridized carbons (Fsp3) is 0.500. The van der Waals surface area contributed by atoms with Crippen molar-refractivity contribution >= 4 is 22.5 Å². The Morgan fingerprint density at radius 2 is 1.90 bits per heavy atom. The van der Waals surface area contributed by atoms with E-state index in [1.165, 1.54) is 43.1 Å². The lowest BCUT2D eigenvalue weighted by Crippen LogP contribution is -2.37. The summed E-state index contributed by atoms with van der Waals surface area (Å²) in [7, 11) is 0. The van der Waals surface area contributed by atoms with Crippen molar-refractivity contribution in [2.45, 2.75) is 44.7 Å². The molecule has 1 aliphatic rings. The molecule has 3 heteroatoms. The third kappa shape index (κ3) is 3.56. The number of rotatable bonds is 5. The van der Waals surface area contributed by atoms with Crippen molar-refractivity contribution < 1.29 is 0 Å². The molecule has 0 aliphatic heterocycles. The van der Waals surface area contributed by atoms with Crippen molar-refractivity contribution in [3.05, 3.63) is 42.1 Å². The molecule has 1 saturated carbocycles. The minimum Gasteiger partial charge on any atom is -0.295 e. The van der Waals surface area contributed by atoms with Gasteiger partial charge in [-0.3, -0.25) is 9.88 Å². The molecular weight excluding hydrogens is 280 g/mol. The van der Waals surface area contributed by atoms with Gasteiger partial charge in [0.05, 0.1) is 5.52 Å². The highest BCUT2D eigenvalue weighted by atomic mass is 35.5. The third-order valence-corrected chi connectivity index (χ3v) is 4.72. The number of benzene rings is 1. The normalized spacial score (nSPS) is 16.7. The molecule has 0 unspecified atom stereocenters. The first kappa shape index (κ1) is 14.8. The molecule has 1 aliphatic carbocycles. The second-order valence-electron chi connectivity index (χ2n) is 5.94. The van der Waals surface area contributed by atoms with Crippen LogP contribution in [0.4, 0.5) is 0 Å². The minimum absolute atomic E-state index is 0.691. The highest BCUT2D eigenvalue weighted by molar-refractivity contribution is 6.18. The predicted molar refractivity (Wildman–Crippen MR) is 89.7 cm³/mol. The fourth-order valence-electron chi connectivity index (χ4n) is 3.46. The zero-order valence-corrected chi connectivity index (χ0v) is 13.2. The summed E-state index contributed by atoms with van der Waals surface area (Å²) in [5.74, 6) is 0.703. The summed E-state index contributed by atoms with van der Waals surface area (Å²) >= 11 is 6.04. The van der Waals surface area contributed by atoms with Gasteiger partial charge in [-0.1, -0.05) is 43.5 Å². The van der Waals surface area contributed by atoms with Crippen LogP contribution in [0.3, 0.4) is 0 Å². The average molecular weight is 303 g/mol. The Morgan fingerprint density at radius 1 is 1.10 bits per heavy atom. The van der Waals surface area contributed by atoms with Crippen molar-refractivity contribution in [1.82, 2.24) is 9.88 Å². The van der Waals surface area contributed by atoms with Crippen LogP contribution in [0.15, 0.2) is 36.5 Å². The molecular formula is C18H23ClN2. The molecule has 112 valence electrons. The molecule has 2 nitrogen and oxygen atoms in total. The molecule has 0 amide bonds. The molecule has 1 fully saturated rings. The SMILES string of the molecule is ClCCN(Cc1cccc2cccnc12)C1CCCCC1. The highest BCUT2D eigenvalue weighted by Crippen LogP contribution is 2.25. The number of halogens is 1. The maximum Gasteiger partial charge on any atom is 0.0746 e. The Balaban J connectivity index is 1.83. The topological polar surface area (TPSA) is 16.1 Å². The van der Waals surface area contributed by atoms with E-state index in [9.17, 15) is 0 Å². The number of fused-ring (bicyclic) bond motifs is 1. The smallest absolute Gasteiger partial charge is 0.0746 e. The van der Waals surface area contributed by atoms with Crippen molar-refractivity contribution in [1.29, 1.82) is 0 Å². The van der Waals surface area contributed by atoms with E-state index in [0.29, 0.717) is 11.9 Å². The number of pyridine rings is 1. The van der Waals surface area contributed by atoms with Crippen molar-refractivity contribution in [3.8, 4) is 0 Å². The fourth-order valence-corrected chi connectivity index (χ4v) is 3.68. The van der Waals surface area contributed by atoms with Crippen LogP contribution in [-0.4, -0.2) is 28.4 Å². The molecule has 0 spiro atoms. The Kier molecular flexibility index (Phi) is 5.10. The third-order valence-electron chi connectivity index (χ3n) is 4.55. The molecule has 0 N–H and O–H groups in total. The summed E-state index contributed by atoms with van der Waals surface area (Å²) in [5, 5.41) is 1.23. The van der Waals surface area contributed by atoms with Gasteiger partial charge in [-0.05, 0) is 24.5 Å². The maximum absolute atomic E-state index is 6.04. The first-order valence-electron chi connectivity index (χ1n) is 8.01. The molecule has 1 heterocycles. The lowest BCUT2D eigenvalue weighted by atomic mass is 9.93. The first-order valence-corrected chi connectivity index (χ1v) is 8.54. The van der Waals surface area contributed by atoms with Crippen LogP contribution in [0.2, 0.25) is 0 Å². The second-order valence-corrected chi connectivity index (χ2v) is 6.32. The predicted octanol–water partition coefficient (Wildman–Crippen LogP) is 4.61. The summed E-state index contributed by atoms with van der Waals surface area (Å²) in [4.78, 5) is 7.14. The van der Waals surface area contributed by atoms with Crippen LogP contribution >= 0.6 is 11.6 Å². The Labute approximate surface area is 132 Å². The lowest BCUT2D eigenvalue weighted by molar-refractivity contribution is 0.157. The van der Waals surface area contributed by atoms with Gasteiger partial charge in [0.1, 0.15) is 0 Å². The van der Waals surface area contributed by atoms with Gasteiger partial charge in [0.15, 0.2) is 0 Å². The van der Waals surface area contributed by atoms with Crippen LogP contribution in [0.25, 0.3) is 10.9 Å². The molecule has 0 atom stereocenters. The van der Waals surface area contributed by atoms with E-state index in [1.807, 2.05) is 12.3 Å². The first-order chi connectivity index (χ1) is 10.4. The number of hydrogen-bond acceptors (Lipinski definition) is 2. The highest BCUT2D eigenvalue weighted by Gasteiger charge is 2.21. The van der Waals surface area contributed by atoms with Gasteiger partial charge in [-0.15, -0.1) is 11.6 Å². The largest absolute Gasteiger partial charge is 0.295 e. The molecule has 0 bridgehead atoms. The van der Waals surface area contributed by atoms with E-state index in [0.717, 1.165) is 18.6 Å². The Bertz CT molecular complexity index is 573. The molecule has 21 heavy (non-hydrogen) atoms. The summed E-state index contributed by atoms with van der Waals surface area (Å²) in [6.45, 7) is 1.93. The van der Waals surface area contributed by atoms with Gasteiger partial charge in [0.2, 0.25) is 0 Å². The van der Waals surface area contributed by atoms with Gasteiger partial charge >= 0.3 is 0 Å². The summed E-state index contributed by atoms with van der Waals surface area (Å²) in [5.41, 5.74) is 2.46. The quantitative estimate of drug-likeness (QED) is 0.750. The van der Waals surface area contributed by atoms with Crippen LogP contribution in [0.5, 0.6) is 0 Å². The van der Waals surface area contributed by atoms with Crippen LogP contribution in [0.1, 0.15) is 37.7 Å². The van der Waals surface area contributed by atoms with Gasteiger partial charge in [0, 0.05) is 36.6 Å². The number of nitrogens with zero attached hydrogens (tertiary/aromatic N) is 2. The molecule has 3 rings (SSSR count). The van der Waals surface area contributed by atoms with E-state index in [1.54, 1.807) is 0 Å². The standard InChI is InChI=1S/C18H23ClN2/c19-11-13-21(17-9-2-1-3-10-17)14-16-7-4-6-15-8-5-12-20-18(15)16/h4-8,12,17H,1-3,9-11,13-14H2. The van der Waals surface area contributed by atoms with Gasteiger partial charge in [0.25, 0.3) is 0 Å². The monoisotopic (exact) mass is 302 g/mol.